The maximum atomic E-state index is 12.7. The number of halogens is 1. The van der Waals surface area contributed by atoms with Crippen LogP contribution in [-0.4, -0.2) is 61.4 Å². The number of rotatable bonds is 4. The van der Waals surface area contributed by atoms with E-state index in [0.29, 0.717) is 5.69 Å². The smallest absolute Gasteiger partial charge is 0.273 e. The molecule has 0 N–H and O–H groups in total. The average Bonchev–Trinajstić information content (AvgIpc) is 3.10. The fourth-order valence-corrected chi connectivity index (χ4v) is 3.55. The summed E-state index contributed by atoms with van der Waals surface area (Å²) in [6.45, 7) is 9.15. The second kappa shape index (κ2) is 7.06. The Kier molecular flexibility index (Phi) is 5.05. The quantitative estimate of drug-likeness (QED) is 0.790. The first-order valence-corrected chi connectivity index (χ1v) is 9.01. The molecule has 0 aliphatic carbocycles. The van der Waals surface area contributed by atoms with Gasteiger partial charge in [-0.2, -0.15) is 10.2 Å². The molecule has 3 heterocycles. The van der Waals surface area contributed by atoms with Crippen LogP contribution in [-0.2, 0) is 20.1 Å². The maximum absolute atomic E-state index is 12.7. The molecule has 0 atom stereocenters. The molecule has 0 unspecified atom stereocenters. The normalized spacial score (nSPS) is 15.9. The van der Waals surface area contributed by atoms with Gasteiger partial charge in [0, 0.05) is 58.1 Å². The summed E-state index contributed by atoms with van der Waals surface area (Å²) in [5, 5.41) is 8.63. The van der Waals surface area contributed by atoms with E-state index < -0.39 is 0 Å². The number of hydrogen-bond donors (Lipinski definition) is 0. The number of amides is 1. The first-order valence-electron chi connectivity index (χ1n) is 8.21. The van der Waals surface area contributed by atoms with Crippen LogP contribution in [0.3, 0.4) is 0 Å². The Hall–Kier alpha value is -1.67. The van der Waals surface area contributed by atoms with E-state index >= 15 is 0 Å². The molecule has 130 valence electrons. The van der Waals surface area contributed by atoms with Gasteiger partial charge in [-0.15, -0.1) is 0 Å². The zero-order valence-corrected chi connectivity index (χ0v) is 16.0. The summed E-state index contributed by atoms with van der Waals surface area (Å²) < 4.78 is 4.35. The van der Waals surface area contributed by atoms with Crippen molar-refractivity contribution < 1.29 is 4.79 Å². The van der Waals surface area contributed by atoms with Crippen LogP contribution in [0.25, 0.3) is 0 Å². The van der Waals surface area contributed by atoms with Crippen molar-refractivity contribution in [2.24, 2.45) is 7.05 Å². The average molecular weight is 395 g/mol. The van der Waals surface area contributed by atoms with Crippen LogP contribution in [0.2, 0.25) is 0 Å². The minimum atomic E-state index is 0.0384. The van der Waals surface area contributed by atoms with Gasteiger partial charge in [0.1, 0.15) is 5.69 Å². The summed E-state index contributed by atoms with van der Waals surface area (Å²) in [5.74, 6) is 0.0384. The van der Waals surface area contributed by atoms with Gasteiger partial charge in [-0.3, -0.25) is 19.1 Å². The third-order valence-electron chi connectivity index (χ3n) is 4.52. The third kappa shape index (κ3) is 3.39. The summed E-state index contributed by atoms with van der Waals surface area (Å²) in [5.41, 5.74) is 2.98. The molecule has 0 bridgehead atoms. The van der Waals surface area contributed by atoms with Gasteiger partial charge in [0.2, 0.25) is 0 Å². The summed E-state index contributed by atoms with van der Waals surface area (Å²) in [6.07, 6.45) is 3.79. The molecule has 24 heavy (non-hydrogen) atoms. The lowest BCUT2D eigenvalue weighted by Gasteiger charge is -2.34. The van der Waals surface area contributed by atoms with Crippen molar-refractivity contribution in [3.05, 3.63) is 33.8 Å². The van der Waals surface area contributed by atoms with Gasteiger partial charge in [-0.1, -0.05) is 0 Å². The van der Waals surface area contributed by atoms with Crippen LogP contribution in [0.15, 0.2) is 16.9 Å². The first kappa shape index (κ1) is 17.2. The van der Waals surface area contributed by atoms with Crippen LogP contribution < -0.4 is 0 Å². The number of carbonyl (C=O) groups excluding carboxylic acids is 1. The molecule has 0 aromatic carbocycles. The van der Waals surface area contributed by atoms with Crippen LogP contribution in [0, 0.1) is 6.92 Å². The summed E-state index contributed by atoms with van der Waals surface area (Å²) in [7, 11) is 1.79. The van der Waals surface area contributed by atoms with Crippen molar-refractivity contribution in [2.45, 2.75) is 26.9 Å². The van der Waals surface area contributed by atoms with Gasteiger partial charge < -0.3 is 4.90 Å². The largest absolute Gasteiger partial charge is 0.335 e. The van der Waals surface area contributed by atoms with Crippen molar-refractivity contribution in [1.82, 2.24) is 29.4 Å². The van der Waals surface area contributed by atoms with Gasteiger partial charge >= 0.3 is 0 Å². The third-order valence-corrected chi connectivity index (χ3v) is 5.10. The second-order valence-electron chi connectivity index (χ2n) is 6.13. The van der Waals surface area contributed by atoms with E-state index in [1.807, 2.05) is 9.58 Å². The number of aromatic nitrogens is 4. The van der Waals surface area contributed by atoms with Crippen LogP contribution >= 0.6 is 15.9 Å². The Morgan fingerprint density at radius 3 is 2.54 bits per heavy atom. The standard InChI is InChI=1S/C16H23BrN6O/c1-4-23-11-13(12(2)19-23)10-21-5-7-22(8-6-21)16(24)15-14(17)9-18-20(15)3/h9,11H,4-8,10H2,1-3H3. The van der Waals surface area contributed by atoms with Crippen molar-refractivity contribution in [3.63, 3.8) is 0 Å². The molecule has 1 fully saturated rings. The van der Waals surface area contributed by atoms with Crippen LogP contribution in [0.4, 0.5) is 0 Å². The van der Waals surface area contributed by atoms with E-state index in [0.717, 1.165) is 49.4 Å². The highest BCUT2D eigenvalue weighted by molar-refractivity contribution is 9.10. The highest BCUT2D eigenvalue weighted by Gasteiger charge is 2.26. The van der Waals surface area contributed by atoms with Gasteiger partial charge in [0.25, 0.3) is 5.91 Å². The minimum Gasteiger partial charge on any atom is -0.335 e. The summed E-state index contributed by atoms with van der Waals surface area (Å²) >= 11 is 3.41. The lowest BCUT2D eigenvalue weighted by molar-refractivity contribution is 0.0616. The Labute approximate surface area is 150 Å². The summed E-state index contributed by atoms with van der Waals surface area (Å²) in [4.78, 5) is 17.0. The zero-order chi connectivity index (χ0) is 17.3. The Bertz CT molecular complexity index is 710. The SMILES string of the molecule is CCn1cc(CN2CCN(C(=O)c3c(Br)cnn3C)CC2)c(C)n1. The predicted octanol–water partition coefficient (Wildman–Crippen LogP) is 1.67. The van der Waals surface area contributed by atoms with Gasteiger partial charge in [0.15, 0.2) is 0 Å². The Balaban J connectivity index is 1.59. The lowest BCUT2D eigenvalue weighted by Crippen LogP contribution is -2.48. The topological polar surface area (TPSA) is 59.2 Å². The predicted molar refractivity (Wildman–Crippen MR) is 94.7 cm³/mol. The molecule has 0 spiro atoms. The molecule has 1 saturated heterocycles. The lowest BCUT2D eigenvalue weighted by atomic mass is 10.2. The maximum Gasteiger partial charge on any atom is 0.273 e. The second-order valence-corrected chi connectivity index (χ2v) is 6.98. The molecular formula is C16H23BrN6O. The first-order chi connectivity index (χ1) is 11.5. The number of hydrogen-bond acceptors (Lipinski definition) is 4. The number of aryl methyl sites for hydroxylation is 3. The van der Waals surface area contributed by atoms with Crippen molar-refractivity contribution in [2.75, 3.05) is 26.2 Å². The van der Waals surface area contributed by atoms with E-state index in [2.05, 4.69) is 51.1 Å². The fraction of sp³-hybridized carbons (Fsp3) is 0.562. The highest BCUT2D eigenvalue weighted by atomic mass is 79.9. The molecular weight excluding hydrogens is 372 g/mol. The molecule has 8 heteroatoms. The molecule has 7 nitrogen and oxygen atoms in total. The van der Waals surface area contributed by atoms with E-state index in [1.165, 1.54) is 5.56 Å². The number of nitrogens with zero attached hydrogens (tertiary/aromatic N) is 6. The van der Waals surface area contributed by atoms with Crippen molar-refractivity contribution in [1.29, 1.82) is 0 Å². The molecule has 1 aliphatic rings. The summed E-state index contributed by atoms with van der Waals surface area (Å²) in [6, 6.07) is 0. The monoisotopic (exact) mass is 394 g/mol. The van der Waals surface area contributed by atoms with E-state index in [4.69, 9.17) is 0 Å². The van der Waals surface area contributed by atoms with E-state index in [-0.39, 0.29) is 5.91 Å². The Morgan fingerprint density at radius 1 is 1.29 bits per heavy atom. The van der Waals surface area contributed by atoms with Crippen molar-refractivity contribution in [3.8, 4) is 0 Å². The minimum absolute atomic E-state index is 0.0384. The Morgan fingerprint density at radius 2 is 2.00 bits per heavy atom. The molecule has 2 aromatic rings. The van der Waals surface area contributed by atoms with Crippen LogP contribution in [0.5, 0.6) is 0 Å². The molecule has 0 saturated carbocycles. The van der Waals surface area contributed by atoms with E-state index in [1.54, 1.807) is 17.9 Å². The number of carbonyl (C=O) groups is 1. The highest BCUT2D eigenvalue weighted by Crippen LogP contribution is 2.19. The zero-order valence-electron chi connectivity index (χ0n) is 14.4. The van der Waals surface area contributed by atoms with Gasteiger partial charge in [0.05, 0.1) is 16.4 Å². The van der Waals surface area contributed by atoms with Gasteiger partial charge in [-0.05, 0) is 29.8 Å². The fourth-order valence-electron chi connectivity index (χ4n) is 3.03. The van der Waals surface area contributed by atoms with Crippen molar-refractivity contribution >= 4 is 21.8 Å². The molecule has 3 rings (SSSR count). The van der Waals surface area contributed by atoms with Gasteiger partial charge in [-0.25, -0.2) is 0 Å². The number of piperazine rings is 1. The molecule has 1 aliphatic heterocycles. The van der Waals surface area contributed by atoms with Crippen LogP contribution in [0.1, 0.15) is 28.7 Å². The molecule has 1 amide bonds. The molecule has 2 aromatic heterocycles. The molecule has 0 radical (unpaired) electrons. The van der Waals surface area contributed by atoms with E-state index in [9.17, 15) is 4.79 Å².